The molecule has 0 saturated carbocycles. The maximum Gasteiger partial charge on any atom is 0.0177 e. The molecule has 0 unspecified atom stereocenters. The molecule has 3 N–H and O–H groups in total. The summed E-state index contributed by atoms with van der Waals surface area (Å²) in [4.78, 5) is 0. The lowest BCUT2D eigenvalue weighted by atomic mass is 10.3. The van der Waals surface area contributed by atoms with E-state index in [0.717, 1.165) is 6.42 Å². The highest BCUT2D eigenvalue weighted by Crippen LogP contribution is 1.79. The van der Waals surface area contributed by atoms with E-state index in [1.54, 1.807) is 6.08 Å². The van der Waals surface area contributed by atoms with Crippen LogP contribution in [0, 0.1) is 5.41 Å². The highest BCUT2D eigenvalue weighted by atomic mass is 14.5. The van der Waals surface area contributed by atoms with Crippen LogP contribution in [0.3, 0.4) is 0 Å². The standard InChI is InChI=1S/C7H12N2/c8-6-4-2-1-3-5-7-9/h1-4,6,8H,5,7,9H2/b3-1+,4-2-,8-6?. The molecule has 0 bridgehead atoms. The predicted octanol–water partition coefficient (Wildman–Crippen LogP) is 1.10. The summed E-state index contributed by atoms with van der Waals surface area (Å²) in [7, 11) is 0. The smallest absolute Gasteiger partial charge is 0.0177 e. The minimum atomic E-state index is 0.689. The summed E-state index contributed by atoms with van der Waals surface area (Å²) in [6, 6.07) is 0. The number of allylic oxidation sites excluding steroid dienone is 3. The van der Waals surface area contributed by atoms with Gasteiger partial charge in [-0.1, -0.05) is 18.2 Å². The SMILES string of the molecule is N=C/C=C\C=C\CCN. The van der Waals surface area contributed by atoms with Crippen LogP contribution in [0.5, 0.6) is 0 Å². The first-order valence-corrected chi connectivity index (χ1v) is 2.94. The van der Waals surface area contributed by atoms with E-state index in [4.69, 9.17) is 11.1 Å². The van der Waals surface area contributed by atoms with E-state index in [2.05, 4.69) is 0 Å². The molecule has 2 nitrogen and oxygen atoms in total. The number of nitrogens with two attached hydrogens (primary N) is 1. The molecular formula is C7H12N2. The Hall–Kier alpha value is -0.890. The van der Waals surface area contributed by atoms with E-state index in [-0.39, 0.29) is 0 Å². The molecule has 0 aromatic rings. The fourth-order valence-corrected chi connectivity index (χ4v) is 0.391. The van der Waals surface area contributed by atoms with Crippen LogP contribution in [-0.2, 0) is 0 Å². The molecule has 0 aromatic heterocycles. The molecule has 0 saturated heterocycles. The van der Waals surface area contributed by atoms with Gasteiger partial charge in [-0.15, -0.1) is 0 Å². The molecule has 9 heavy (non-hydrogen) atoms. The van der Waals surface area contributed by atoms with Gasteiger partial charge in [0.1, 0.15) is 0 Å². The van der Waals surface area contributed by atoms with Crippen molar-refractivity contribution in [3.05, 3.63) is 24.3 Å². The topological polar surface area (TPSA) is 49.9 Å². The Balaban J connectivity index is 3.23. The van der Waals surface area contributed by atoms with Crippen LogP contribution in [0.1, 0.15) is 6.42 Å². The zero-order valence-electron chi connectivity index (χ0n) is 5.38. The number of hydrogen-bond acceptors (Lipinski definition) is 2. The van der Waals surface area contributed by atoms with E-state index in [0.29, 0.717) is 6.54 Å². The number of hydrogen-bond donors (Lipinski definition) is 2. The van der Waals surface area contributed by atoms with Gasteiger partial charge in [-0.3, -0.25) is 0 Å². The van der Waals surface area contributed by atoms with Gasteiger partial charge in [0.2, 0.25) is 0 Å². The molecule has 0 fully saturated rings. The van der Waals surface area contributed by atoms with Crippen LogP contribution in [0.4, 0.5) is 0 Å². The Labute approximate surface area is 55.6 Å². The first-order valence-electron chi connectivity index (χ1n) is 2.94. The van der Waals surface area contributed by atoms with Crippen molar-refractivity contribution in [2.75, 3.05) is 6.54 Å². The molecule has 0 heterocycles. The summed E-state index contributed by atoms with van der Waals surface area (Å²) >= 11 is 0. The summed E-state index contributed by atoms with van der Waals surface area (Å²) < 4.78 is 0. The first-order chi connectivity index (χ1) is 4.41. The third kappa shape index (κ3) is 7.11. The summed E-state index contributed by atoms with van der Waals surface area (Å²) in [6.45, 7) is 0.689. The average Bonchev–Trinajstić information content (AvgIpc) is 1.89. The Morgan fingerprint density at radius 2 is 2.00 bits per heavy atom. The van der Waals surface area contributed by atoms with Gasteiger partial charge in [-0.05, 0) is 19.0 Å². The van der Waals surface area contributed by atoms with E-state index in [9.17, 15) is 0 Å². The van der Waals surface area contributed by atoms with Gasteiger partial charge in [0.05, 0.1) is 0 Å². The minimum Gasteiger partial charge on any atom is -0.330 e. The van der Waals surface area contributed by atoms with Crippen molar-refractivity contribution >= 4 is 6.21 Å². The van der Waals surface area contributed by atoms with Crippen LogP contribution in [-0.4, -0.2) is 12.8 Å². The van der Waals surface area contributed by atoms with E-state index < -0.39 is 0 Å². The van der Waals surface area contributed by atoms with Crippen LogP contribution >= 0.6 is 0 Å². The van der Waals surface area contributed by atoms with Gasteiger partial charge in [0.15, 0.2) is 0 Å². The molecular weight excluding hydrogens is 112 g/mol. The van der Waals surface area contributed by atoms with Crippen molar-refractivity contribution in [2.45, 2.75) is 6.42 Å². The maximum atomic E-state index is 6.61. The van der Waals surface area contributed by atoms with Crippen molar-refractivity contribution in [1.82, 2.24) is 0 Å². The summed E-state index contributed by atoms with van der Waals surface area (Å²) in [6.07, 6.45) is 9.47. The molecule has 0 aliphatic carbocycles. The highest BCUT2D eigenvalue weighted by molar-refractivity contribution is 5.68. The second-order valence-corrected chi connectivity index (χ2v) is 1.56. The normalized spacial score (nSPS) is 11.2. The van der Waals surface area contributed by atoms with Crippen molar-refractivity contribution in [2.24, 2.45) is 5.73 Å². The second-order valence-electron chi connectivity index (χ2n) is 1.56. The number of nitrogens with one attached hydrogen (secondary N) is 1. The predicted molar refractivity (Wildman–Crippen MR) is 40.7 cm³/mol. The Morgan fingerprint density at radius 3 is 2.56 bits per heavy atom. The third-order valence-corrected chi connectivity index (χ3v) is 0.788. The molecule has 0 radical (unpaired) electrons. The fraction of sp³-hybridized carbons (Fsp3) is 0.286. The van der Waals surface area contributed by atoms with Crippen molar-refractivity contribution in [1.29, 1.82) is 5.41 Å². The van der Waals surface area contributed by atoms with Crippen molar-refractivity contribution in [3.8, 4) is 0 Å². The summed E-state index contributed by atoms with van der Waals surface area (Å²) in [5.74, 6) is 0. The van der Waals surface area contributed by atoms with E-state index >= 15 is 0 Å². The van der Waals surface area contributed by atoms with Gasteiger partial charge in [-0.25, -0.2) is 0 Å². The average molecular weight is 124 g/mol. The molecule has 0 aliphatic rings. The third-order valence-electron chi connectivity index (χ3n) is 0.788. The monoisotopic (exact) mass is 124 g/mol. The molecule has 0 rings (SSSR count). The van der Waals surface area contributed by atoms with E-state index in [1.807, 2.05) is 18.2 Å². The molecule has 0 atom stereocenters. The summed E-state index contributed by atoms with van der Waals surface area (Å²) in [5, 5.41) is 6.61. The van der Waals surface area contributed by atoms with Crippen LogP contribution < -0.4 is 5.73 Å². The molecule has 2 heteroatoms. The van der Waals surface area contributed by atoms with Gasteiger partial charge < -0.3 is 11.1 Å². The molecule has 50 valence electrons. The molecule has 0 amide bonds. The first kappa shape index (κ1) is 8.11. The van der Waals surface area contributed by atoms with Crippen LogP contribution in [0.25, 0.3) is 0 Å². The summed E-state index contributed by atoms with van der Waals surface area (Å²) in [5.41, 5.74) is 5.22. The van der Waals surface area contributed by atoms with Crippen LogP contribution in [0.2, 0.25) is 0 Å². The van der Waals surface area contributed by atoms with Gasteiger partial charge in [-0.2, -0.15) is 0 Å². The van der Waals surface area contributed by atoms with Gasteiger partial charge in [0.25, 0.3) is 0 Å². The van der Waals surface area contributed by atoms with Crippen molar-refractivity contribution < 1.29 is 0 Å². The molecule has 0 aliphatic heterocycles. The lowest BCUT2D eigenvalue weighted by molar-refractivity contribution is 1.01. The molecule has 0 spiro atoms. The van der Waals surface area contributed by atoms with Crippen LogP contribution in [0.15, 0.2) is 24.3 Å². The quantitative estimate of drug-likeness (QED) is 0.428. The zero-order chi connectivity index (χ0) is 6.95. The number of rotatable bonds is 4. The maximum absolute atomic E-state index is 6.61. The fourth-order valence-electron chi connectivity index (χ4n) is 0.391. The Kier molecular flexibility index (Phi) is 6.41. The van der Waals surface area contributed by atoms with Gasteiger partial charge in [0, 0.05) is 6.21 Å². The van der Waals surface area contributed by atoms with E-state index in [1.165, 1.54) is 6.21 Å². The Morgan fingerprint density at radius 1 is 1.22 bits per heavy atom. The lowest BCUT2D eigenvalue weighted by Gasteiger charge is -1.79. The minimum absolute atomic E-state index is 0.689. The largest absolute Gasteiger partial charge is 0.330 e. The van der Waals surface area contributed by atoms with Crippen molar-refractivity contribution in [3.63, 3.8) is 0 Å². The second kappa shape index (κ2) is 7.11. The Bertz CT molecular complexity index is 114. The zero-order valence-corrected chi connectivity index (χ0v) is 5.38. The highest BCUT2D eigenvalue weighted by Gasteiger charge is 1.67. The molecule has 0 aromatic carbocycles. The lowest BCUT2D eigenvalue weighted by Crippen LogP contribution is -1.94. The van der Waals surface area contributed by atoms with Gasteiger partial charge >= 0.3 is 0 Å².